The van der Waals surface area contributed by atoms with Gasteiger partial charge in [0.15, 0.2) is 0 Å². The van der Waals surface area contributed by atoms with E-state index in [1.165, 1.54) is 7.05 Å². The van der Waals surface area contributed by atoms with E-state index in [1.807, 2.05) is 0 Å². The van der Waals surface area contributed by atoms with Gasteiger partial charge < -0.3 is 9.94 Å². The summed E-state index contributed by atoms with van der Waals surface area (Å²) in [5.41, 5.74) is 0. The number of hydroxylamine groups is 2. The number of hydrogen-bond donors (Lipinski definition) is 1. The van der Waals surface area contributed by atoms with Crippen LogP contribution in [0.25, 0.3) is 0 Å². The molecule has 11 heavy (non-hydrogen) atoms. The number of hydrogen-bond acceptors (Lipinski definition) is 4. The monoisotopic (exact) mass is 159 g/mol. The van der Waals surface area contributed by atoms with Crippen LogP contribution in [0.3, 0.4) is 0 Å². The number of aliphatic hydroxyl groups excluding tert-OH is 1. The zero-order valence-corrected chi connectivity index (χ0v) is 6.11. The quantitative estimate of drug-likeness (QED) is 0.418. The standard InChI is InChI=1S/C6H9NO4/c1-3-5(9)7(2)11-6(10)4-8/h3,8H,1,4H2,2H3. The molecule has 0 aliphatic carbocycles. The van der Waals surface area contributed by atoms with Gasteiger partial charge in [-0.2, -0.15) is 5.06 Å². The second-order valence-corrected chi connectivity index (χ2v) is 1.66. The molecule has 0 aromatic rings. The van der Waals surface area contributed by atoms with Crippen molar-refractivity contribution in [2.75, 3.05) is 13.7 Å². The van der Waals surface area contributed by atoms with Crippen molar-refractivity contribution in [3.05, 3.63) is 12.7 Å². The largest absolute Gasteiger partial charge is 0.385 e. The van der Waals surface area contributed by atoms with Gasteiger partial charge in [-0.3, -0.25) is 4.79 Å². The van der Waals surface area contributed by atoms with Gasteiger partial charge in [0, 0.05) is 7.05 Å². The van der Waals surface area contributed by atoms with Crippen LogP contribution in [-0.4, -0.2) is 35.7 Å². The molecule has 1 N–H and O–H groups in total. The maximum atomic E-state index is 10.6. The molecule has 0 rings (SSSR count). The molecule has 0 aromatic carbocycles. The molecule has 0 heterocycles. The van der Waals surface area contributed by atoms with Crippen molar-refractivity contribution in [2.24, 2.45) is 0 Å². The van der Waals surface area contributed by atoms with E-state index in [-0.39, 0.29) is 0 Å². The summed E-state index contributed by atoms with van der Waals surface area (Å²) in [6, 6.07) is 0. The molecule has 1 amide bonds. The zero-order valence-electron chi connectivity index (χ0n) is 6.11. The first-order valence-corrected chi connectivity index (χ1v) is 2.83. The topological polar surface area (TPSA) is 66.8 Å². The number of amides is 1. The average molecular weight is 159 g/mol. The highest BCUT2D eigenvalue weighted by Gasteiger charge is 2.08. The molecule has 0 spiro atoms. The van der Waals surface area contributed by atoms with E-state index >= 15 is 0 Å². The number of aliphatic hydroxyl groups is 1. The van der Waals surface area contributed by atoms with E-state index in [1.54, 1.807) is 0 Å². The average Bonchev–Trinajstić information content (AvgIpc) is 2.02. The maximum Gasteiger partial charge on any atom is 0.357 e. The first kappa shape index (κ1) is 9.64. The van der Waals surface area contributed by atoms with Crippen LogP contribution in [0, 0.1) is 0 Å². The second kappa shape index (κ2) is 4.45. The first-order chi connectivity index (χ1) is 5.11. The molecule has 0 saturated heterocycles. The lowest BCUT2D eigenvalue weighted by Gasteiger charge is -2.12. The Hall–Kier alpha value is -1.36. The van der Waals surface area contributed by atoms with Crippen LogP contribution in [0.1, 0.15) is 0 Å². The number of carbonyl (C=O) groups is 2. The highest BCUT2D eigenvalue weighted by Crippen LogP contribution is 1.87. The summed E-state index contributed by atoms with van der Waals surface area (Å²) in [6.45, 7) is 2.41. The van der Waals surface area contributed by atoms with Gasteiger partial charge in [0.25, 0.3) is 5.91 Å². The van der Waals surface area contributed by atoms with Gasteiger partial charge in [-0.15, -0.1) is 0 Å². The summed E-state index contributed by atoms with van der Waals surface area (Å²) in [5.74, 6) is -1.44. The molecule has 0 aromatic heterocycles. The third-order valence-electron chi connectivity index (χ3n) is 0.853. The lowest BCUT2D eigenvalue weighted by Crippen LogP contribution is -2.29. The Kier molecular flexibility index (Phi) is 3.90. The van der Waals surface area contributed by atoms with Gasteiger partial charge in [-0.05, 0) is 6.08 Å². The molecule has 0 unspecified atom stereocenters. The molecule has 0 aliphatic rings. The normalized spacial score (nSPS) is 8.55. The lowest BCUT2D eigenvalue weighted by molar-refractivity contribution is -0.191. The first-order valence-electron chi connectivity index (χ1n) is 2.83. The van der Waals surface area contributed by atoms with E-state index in [0.29, 0.717) is 5.06 Å². The molecule has 0 fully saturated rings. The van der Waals surface area contributed by atoms with Gasteiger partial charge in [-0.1, -0.05) is 6.58 Å². The minimum atomic E-state index is -0.886. The van der Waals surface area contributed by atoms with Crippen molar-refractivity contribution in [1.82, 2.24) is 5.06 Å². The van der Waals surface area contributed by atoms with Gasteiger partial charge in [0.2, 0.25) is 0 Å². The van der Waals surface area contributed by atoms with E-state index in [2.05, 4.69) is 11.4 Å². The summed E-state index contributed by atoms with van der Waals surface area (Å²) in [4.78, 5) is 25.2. The van der Waals surface area contributed by atoms with Gasteiger partial charge >= 0.3 is 5.97 Å². The number of rotatable bonds is 2. The summed E-state index contributed by atoms with van der Waals surface area (Å²) in [7, 11) is 1.25. The summed E-state index contributed by atoms with van der Waals surface area (Å²) in [5, 5.41) is 8.89. The van der Waals surface area contributed by atoms with Gasteiger partial charge in [0.05, 0.1) is 0 Å². The molecule has 0 aliphatic heterocycles. The van der Waals surface area contributed by atoms with Gasteiger partial charge in [-0.25, -0.2) is 4.79 Å². The fourth-order valence-electron chi connectivity index (χ4n) is 0.355. The van der Waals surface area contributed by atoms with Crippen LogP contribution in [0.15, 0.2) is 12.7 Å². The molecule has 62 valence electrons. The van der Waals surface area contributed by atoms with Crippen LogP contribution in [0.4, 0.5) is 0 Å². The molecule has 0 atom stereocenters. The molecular weight excluding hydrogens is 150 g/mol. The third kappa shape index (κ3) is 3.36. The Bertz CT molecular complexity index is 177. The van der Waals surface area contributed by atoms with Gasteiger partial charge in [0.1, 0.15) is 6.61 Å². The smallest absolute Gasteiger partial charge is 0.357 e. The summed E-state index contributed by atoms with van der Waals surface area (Å²) in [6.07, 6.45) is 0.991. The Morgan fingerprint density at radius 3 is 2.64 bits per heavy atom. The van der Waals surface area contributed by atoms with E-state index < -0.39 is 18.5 Å². The van der Waals surface area contributed by atoms with Crippen LogP contribution >= 0.6 is 0 Å². The van der Waals surface area contributed by atoms with Crippen molar-refractivity contribution in [3.63, 3.8) is 0 Å². The van der Waals surface area contributed by atoms with Crippen LogP contribution in [0.5, 0.6) is 0 Å². The van der Waals surface area contributed by atoms with Crippen LogP contribution in [0.2, 0.25) is 0 Å². The second-order valence-electron chi connectivity index (χ2n) is 1.66. The Morgan fingerprint density at radius 1 is 1.73 bits per heavy atom. The molecular formula is C6H9NO4. The number of likely N-dealkylation sites (N-methyl/N-ethyl adjacent to an activating group) is 1. The van der Waals surface area contributed by atoms with Crippen molar-refractivity contribution < 1.29 is 19.5 Å². The molecule has 0 saturated carbocycles. The predicted molar refractivity (Wildman–Crippen MR) is 36.1 cm³/mol. The van der Waals surface area contributed by atoms with Crippen molar-refractivity contribution >= 4 is 11.9 Å². The fourth-order valence-corrected chi connectivity index (χ4v) is 0.355. The van der Waals surface area contributed by atoms with Crippen molar-refractivity contribution in [3.8, 4) is 0 Å². The van der Waals surface area contributed by atoms with Crippen molar-refractivity contribution in [1.29, 1.82) is 0 Å². The van der Waals surface area contributed by atoms with E-state index in [4.69, 9.17) is 5.11 Å². The SMILES string of the molecule is C=CC(=O)N(C)OC(=O)CO. The summed E-state index contributed by atoms with van der Waals surface area (Å²) >= 11 is 0. The number of carbonyl (C=O) groups excluding carboxylic acids is 2. The van der Waals surface area contributed by atoms with Crippen LogP contribution < -0.4 is 0 Å². The zero-order chi connectivity index (χ0) is 8.85. The predicted octanol–water partition coefficient (Wildman–Crippen LogP) is -0.919. The lowest BCUT2D eigenvalue weighted by atomic mass is 10.6. The van der Waals surface area contributed by atoms with E-state index in [0.717, 1.165) is 6.08 Å². The minimum absolute atomic E-state index is 0.549. The van der Waals surface area contributed by atoms with Crippen molar-refractivity contribution in [2.45, 2.75) is 0 Å². The Balaban J connectivity index is 3.86. The minimum Gasteiger partial charge on any atom is -0.385 e. The molecule has 0 radical (unpaired) electrons. The van der Waals surface area contributed by atoms with Crippen LogP contribution in [-0.2, 0) is 14.4 Å². The Labute approximate surface area is 63.8 Å². The molecule has 0 bridgehead atoms. The summed E-state index contributed by atoms with van der Waals surface area (Å²) < 4.78 is 0. The fraction of sp³-hybridized carbons (Fsp3) is 0.333. The highest BCUT2D eigenvalue weighted by atomic mass is 16.7. The number of nitrogens with zero attached hydrogens (tertiary/aromatic N) is 1. The Morgan fingerprint density at radius 2 is 2.27 bits per heavy atom. The maximum absolute atomic E-state index is 10.6. The van der Waals surface area contributed by atoms with E-state index in [9.17, 15) is 9.59 Å². The molecule has 5 heteroatoms. The highest BCUT2D eigenvalue weighted by molar-refractivity contribution is 5.87. The molecule has 5 nitrogen and oxygen atoms in total. The third-order valence-corrected chi connectivity index (χ3v) is 0.853.